The molecule has 11 nitrogen and oxygen atoms in total. The van der Waals surface area contributed by atoms with Gasteiger partial charge in [-0.3, -0.25) is 9.59 Å². The second-order valence-electron chi connectivity index (χ2n) is 5.17. The third-order valence-corrected chi connectivity index (χ3v) is 4.44. The number of carboxylic acids is 1. The predicted molar refractivity (Wildman–Crippen MR) is 93.1 cm³/mol. The van der Waals surface area contributed by atoms with Crippen LogP contribution in [-0.4, -0.2) is 56.4 Å². The van der Waals surface area contributed by atoms with Crippen LogP contribution >= 0.6 is 23.9 Å². The molecule has 0 fully saturated rings. The Balaban J connectivity index is 2.74. The van der Waals surface area contributed by atoms with Gasteiger partial charge in [0.05, 0.1) is 18.6 Å². The average Bonchev–Trinajstić information content (AvgIpc) is 2.99. The van der Waals surface area contributed by atoms with E-state index in [0.717, 1.165) is 12.1 Å². The number of amides is 1. The lowest BCUT2D eigenvalue weighted by atomic mass is 10.2. The van der Waals surface area contributed by atoms with E-state index in [-0.39, 0.29) is 12.3 Å². The topological polar surface area (TPSA) is 190 Å². The Morgan fingerprint density at radius 3 is 2.60 bits per heavy atom. The van der Waals surface area contributed by atoms with Crippen LogP contribution in [0.2, 0.25) is 0 Å². The Morgan fingerprint density at radius 1 is 1.40 bits per heavy atom. The van der Waals surface area contributed by atoms with Gasteiger partial charge in [0.25, 0.3) is 0 Å². The monoisotopic (exact) mass is 394 g/mol. The van der Waals surface area contributed by atoms with Crippen LogP contribution < -0.4 is 20.9 Å². The smallest absolute Gasteiger partial charge is 0.324 e. The maximum Gasteiger partial charge on any atom is 0.324 e. The molecule has 0 bridgehead atoms. The predicted octanol–water partition coefficient (Wildman–Crippen LogP) is -1.07. The number of carbonyl (C=O) groups is 2. The summed E-state index contributed by atoms with van der Waals surface area (Å²) in [5, 5.41) is 22.2. The number of aliphatic hydroxyl groups is 1. The fourth-order valence-electron chi connectivity index (χ4n) is 1.70. The highest BCUT2D eigenvalue weighted by Gasteiger charge is 2.26. The molecule has 0 aliphatic heterocycles. The van der Waals surface area contributed by atoms with E-state index in [4.69, 9.17) is 21.1 Å². The number of rotatable bonds is 12. The number of nitrogens with zero attached hydrogens (tertiary/aromatic N) is 2. The maximum atomic E-state index is 11.2. The van der Waals surface area contributed by atoms with Crippen LogP contribution in [-0.2, 0) is 9.59 Å². The summed E-state index contributed by atoms with van der Waals surface area (Å²) in [5.41, 5.74) is 11.1. The first-order chi connectivity index (χ1) is 11.8. The molecule has 0 radical (unpaired) electrons. The Morgan fingerprint density at radius 2 is 2.08 bits per heavy atom. The van der Waals surface area contributed by atoms with Gasteiger partial charge in [-0.25, -0.2) is 9.44 Å². The molecular formula is C12H22N6O5S2. The molecular weight excluding hydrogens is 372 g/mol. The molecule has 0 aliphatic rings. The van der Waals surface area contributed by atoms with Gasteiger partial charge < -0.3 is 26.2 Å². The van der Waals surface area contributed by atoms with Crippen LogP contribution in [0.3, 0.4) is 0 Å². The van der Waals surface area contributed by atoms with Crippen molar-refractivity contribution in [2.24, 2.45) is 11.5 Å². The molecule has 1 amide bonds. The minimum Gasteiger partial charge on any atom is -0.480 e. The molecule has 25 heavy (non-hydrogen) atoms. The van der Waals surface area contributed by atoms with Crippen molar-refractivity contribution in [3.05, 3.63) is 11.7 Å². The molecule has 13 heteroatoms. The number of aliphatic carboxylic acids is 1. The van der Waals surface area contributed by atoms with Crippen molar-refractivity contribution in [3.63, 3.8) is 0 Å². The lowest BCUT2D eigenvalue weighted by Crippen LogP contribution is -2.43. The minimum absolute atomic E-state index is 0.101. The largest absolute Gasteiger partial charge is 0.480 e. The lowest BCUT2D eigenvalue weighted by Gasteiger charge is -2.18. The molecule has 4 unspecified atom stereocenters. The fraction of sp³-hybridized carbons (Fsp3) is 0.667. The van der Waals surface area contributed by atoms with Crippen molar-refractivity contribution in [2.75, 3.05) is 12.0 Å². The zero-order valence-electron chi connectivity index (χ0n) is 13.7. The van der Waals surface area contributed by atoms with Crippen molar-refractivity contribution < 1.29 is 24.3 Å². The van der Waals surface area contributed by atoms with Crippen LogP contribution in [0, 0.1) is 0 Å². The molecule has 8 N–H and O–H groups in total. The molecule has 0 saturated heterocycles. The number of hydrogen-bond donors (Lipinski definition) is 6. The molecule has 0 saturated carbocycles. The molecule has 4 atom stereocenters. The molecule has 1 aromatic rings. The number of nitrogens with two attached hydrogens (primary N) is 2. The van der Waals surface area contributed by atoms with Crippen molar-refractivity contribution >= 4 is 35.8 Å². The zero-order valence-corrected chi connectivity index (χ0v) is 15.3. The van der Waals surface area contributed by atoms with Gasteiger partial charge in [0.2, 0.25) is 11.8 Å². The second-order valence-corrected chi connectivity index (χ2v) is 6.76. The maximum absolute atomic E-state index is 11.2. The van der Waals surface area contributed by atoms with E-state index in [1.807, 2.05) is 6.26 Å². The van der Waals surface area contributed by atoms with Gasteiger partial charge in [-0.05, 0) is 13.2 Å². The molecule has 0 spiro atoms. The quantitative estimate of drug-likeness (QED) is 0.236. The van der Waals surface area contributed by atoms with Gasteiger partial charge in [0, 0.05) is 17.9 Å². The molecule has 1 heterocycles. The summed E-state index contributed by atoms with van der Waals surface area (Å²) in [5.74, 6) is -0.845. The number of carboxylic acid groups (broad SMARTS) is 1. The number of aliphatic hydroxyl groups excluding tert-OH is 1. The minimum atomic E-state index is -1.22. The van der Waals surface area contributed by atoms with Crippen LogP contribution in [0.4, 0.5) is 0 Å². The fourth-order valence-corrected chi connectivity index (χ4v) is 3.03. The molecule has 1 rings (SSSR count). The number of aromatic nitrogens is 2. The van der Waals surface area contributed by atoms with Crippen LogP contribution in [0.15, 0.2) is 4.52 Å². The number of nitrogens with one attached hydrogen (secondary N) is 2. The standard InChI is InChI=1S/C12H22N6O5S2/c1-5(19)9(12(21)22)18-25-17-7(3-8(14)20)11-15-10(16-23-11)6(13)4-24-2/h5-7,9,17-19H,3-4,13H2,1-2H3,(H2,14,20)(H,21,22). The molecule has 0 aromatic carbocycles. The highest BCUT2D eigenvalue weighted by Crippen LogP contribution is 2.20. The SMILES string of the molecule is CSCC(N)c1noc(C(CC(N)=O)NSNC(C(=O)O)C(C)O)n1. The Kier molecular flexibility index (Phi) is 9.16. The summed E-state index contributed by atoms with van der Waals surface area (Å²) in [6, 6.07) is -2.37. The van der Waals surface area contributed by atoms with Gasteiger partial charge in [-0.1, -0.05) is 5.16 Å². The van der Waals surface area contributed by atoms with Crippen molar-refractivity contribution in [3.8, 4) is 0 Å². The van der Waals surface area contributed by atoms with Gasteiger partial charge in [-0.15, -0.1) is 0 Å². The van der Waals surface area contributed by atoms with Crippen molar-refractivity contribution in [1.29, 1.82) is 0 Å². The third kappa shape index (κ3) is 7.17. The normalized spacial score (nSPS) is 16.2. The summed E-state index contributed by atoms with van der Waals surface area (Å²) in [6.45, 7) is 1.34. The van der Waals surface area contributed by atoms with Gasteiger partial charge in [0.15, 0.2) is 5.82 Å². The van der Waals surface area contributed by atoms with Crippen LogP contribution in [0.1, 0.15) is 37.1 Å². The summed E-state index contributed by atoms with van der Waals surface area (Å²) < 4.78 is 10.4. The van der Waals surface area contributed by atoms with E-state index in [0.29, 0.717) is 11.6 Å². The summed E-state index contributed by atoms with van der Waals surface area (Å²) in [6.07, 6.45) is 0.614. The van der Waals surface area contributed by atoms with Crippen LogP contribution in [0.5, 0.6) is 0 Å². The van der Waals surface area contributed by atoms with Crippen LogP contribution in [0.25, 0.3) is 0 Å². The van der Waals surface area contributed by atoms with Gasteiger partial charge >= 0.3 is 5.97 Å². The Labute approximate surface area is 152 Å². The van der Waals surface area contributed by atoms with E-state index in [1.54, 1.807) is 0 Å². The highest BCUT2D eigenvalue weighted by atomic mass is 32.2. The highest BCUT2D eigenvalue weighted by molar-refractivity contribution is 7.98. The van der Waals surface area contributed by atoms with Gasteiger partial charge in [0.1, 0.15) is 12.1 Å². The lowest BCUT2D eigenvalue weighted by molar-refractivity contribution is -0.141. The average molecular weight is 394 g/mol. The van der Waals surface area contributed by atoms with Crippen molar-refractivity contribution in [1.82, 2.24) is 19.6 Å². The second kappa shape index (κ2) is 10.6. The van der Waals surface area contributed by atoms with E-state index < -0.39 is 36.1 Å². The number of thioether (sulfide) groups is 1. The Bertz CT molecular complexity index is 572. The number of hydrogen-bond acceptors (Lipinski definition) is 11. The number of primary amides is 1. The van der Waals surface area contributed by atoms with E-state index in [9.17, 15) is 14.7 Å². The first-order valence-corrected chi connectivity index (χ1v) is 9.41. The first kappa shape index (κ1) is 21.7. The summed E-state index contributed by atoms with van der Waals surface area (Å²) >= 11 is 2.30. The molecule has 0 aliphatic carbocycles. The Hall–Kier alpha value is -1.38. The van der Waals surface area contributed by atoms with E-state index in [1.165, 1.54) is 18.7 Å². The first-order valence-electron chi connectivity index (χ1n) is 7.20. The number of carbonyl (C=O) groups excluding carboxylic acids is 1. The van der Waals surface area contributed by atoms with E-state index >= 15 is 0 Å². The van der Waals surface area contributed by atoms with Crippen molar-refractivity contribution in [2.45, 2.75) is 37.6 Å². The molecule has 1 aromatic heterocycles. The van der Waals surface area contributed by atoms with E-state index in [2.05, 4.69) is 19.6 Å². The van der Waals surface area contributed by atoms with Gasteiger partial charge in [-0.2, -0.15) is 16.7 Å². The summed E-state index contributed by atoms with van der Waals surface area (Å²) in [7, 11) is 0. The molecule has 142 valence electrons. The third-order valence-electron chi connectivity index (χ3n) is 2.97. The zero-order chi connectivity index (χ0) is 19.0. The summed E-state index contributed by atoms with van der Waals surface area (Å²) in [4.78, 5) is 26.4.